The Balaban J connectivity index is 1.78. The smallest absolute Gasteiger partial charge is 0.255 e. The van der Waals surface area contributed by atoms with Crippen LogP contribution in [-0.4, -0.2) is 15.7 Å². The lowest BCUT2D eigenvalue weighted by molar-refractivity contribution is 0.102. The van der Waals surface area contributed by atoms with Crippen LogP contribution in [0.15, 0.2) is 67.0 Å². The topological polar surface area (TPSA) is 46.9 Å². The van der Waals surface area contributed by atoms with Crippen LogP contribution in [0, 0.1) is 0 Å². The predicted octanol–water partition coefficient (Wildman–Crippen LogP) is 3.69. The first-order chi connectivity index (χ1) is 10.8. The van der Waals surface area contributed by atoms with Crippen LogP contribution in [0.1, 0.15) is 22.8 Å². The highest BCUT2D eigenvalue weighted by atomic mass is 16.1. The van der Waals surface area contributed by atoms with Crippen LogP contribution in [0.3, 0.4) is 0 Å². The molecule has 0 fully saturated rings. The molecule has 0 aliphatic rings. The molecular formula is C18H17N3O. The lowest BCUT2D eigenvalue weighted by Gasteiger charge is -2.10. The SMILES string of the molecule is CCc1ccccc1NC(=O)c1ccc(-n2cccn2)cc1. The summed E-state index contributed by atoms with van der Waals surface area (Å²) in [6.45, 7) is 2.07. The number of anilines is 1. The second kappa shape index (κ2) is 6.26. The molecule has 0 atom stereocenters. The van der Waals surface area contributed by atoms with Crippen molar-refractivity contribution in [1.82, 2.24) is 9.78 Å². The van der Waals surface area contributed by atoms with Crippen molar-refractivity contribution < 1.29 is 4.79 Å². The van der Waals surface area contributed by atoms with Crippen molar-refractivity contribution in [2.75, 3.05) is 5.32 Å². The molecule has 1 aromatic heterocycles. The number of carbonyl (C=O) groups excluding carboxylic acids is 1. The van der Waals surface area contributed by atoms with Gasteiger partial charge in [-0.05, 0) is 48.4 Å². The minimum atomic E-state index is -0.104. The first-order valence-electron chi connectivity index (χ1n) is 7.27. The van der Waals surface area contributed by atoms with Crippen LogP contribution in [0.25, 0.3) is 5.69 Å². The normalized spacial score (nSPS) is 10.4. The average Bonchev–Trinajstić information content (AvgIpc) is 3.10. The number of para-hydroxylation sites is 1. The molecule has 0 aliphatic carbocycles. The number of nitrogens with zero attached hydrogens (tertiary/aromatic N) is 2. The van der Waals surface area contributed by atoms with Crippen molar-refractivity contribution in [1.29, 1.82) is 0 Å². The average molecular weight is 291 g/mol. The summed E-state index contributed by atoms with van der Waals surface area (Å²) in [7, 11) is 0. The Morgan fingerprint density at radius 1 is 1.09 bits per heavy atom. The molecular weight excluding hydrogens is 274 g/mol. The van der Waals surface area contributed by atoms with E-state index in [1.165, 1.54) is 0 Å². The Labute approximate surface area is 129 Å². The van der Waals surface area contributed by atoms with Crippen molar-refractivity contribution in [3.63, 3.8) is 0 Å². The molecule has 0 spiro atoms. The predicted molar refractivity (Wildman–Crippen MR) is 87.3 cm³/mol. The van der Waals surface area contributed by atoms with Crippen molar-refractivity contribution >= 4 is 11.6 Å². The number of aromatic nitrogens is 2. The molecule has 0 saturated heterocycles. The Kier molecular flexibility index (Phi) is 4.01. The molecule has 0 saturated carbocycles. The van der Waals surface area contributed by atoms with Crippen LogP contribution in [0.2, 0.25) is 0 Å². The molecule has 22 heavy (non-hydrogen) atoms. The summed E-state index contributed by atoms with van der Waals surface area (Å²) in [5.74, 6) is -0.104. The number of rotatable bonds is 4. The molecule has 4 heteroatoms. The standard InChI is InChI=1S/C18H17N3O/c1-2-14-6-3-4-7-17(14)20-18(22)15-8-10-16(11-9-15)21-13-5-12-19-21/h3-13H,2H2,1H3,(H,20,22). The van der Waals surface area contributed by atoms with Gasteiger partial charge in [-0.1, -0.05) is 25.1 Å². The molecule has 0 aliphatic heterocycles. The van der Waals surface area contributed by atoms with E-state index in [1.807, 2.05) is 48.7 Å². The van der Waals surface area contributed by atoms with Gasteiger partial charge in [-0.15, -0.1) is 0 Å². The van der Waals surface area contributed by atoms with Crippen molar-refractivity contribution in [2.24, 2.45) is 0 Å². The molecule has 4 nitrogen and oxygen atoms in total. The molecule has 3 rings (SSSR count). The largest absolute Gasteiger partial charge is 0.322 e. The number of nitrogens with one attached hydrogen (secondary N) is 1. The highest BCUT2D eigenvalue weighted by Gasteiger charge is 2.08. The first kappa shape index (κ1) is 14.1. The third-order valence-corrected chi connectivity index (χ3v) is 3.54. The second-order valence-corrected chi connectivity index (χ2v) is 4.96. The number of hydrogen-bond acceptors (Lipinski definition) is 2. The van der Waals surface area contributed by atoms with Crippen molar-refractivity contribution in [2.45, 2.75) is 13.3 Å². The zero-order chi connectivity index (χ0) is 15.4. The Morgan fingerprint density at radius 3 is 2.55 bits per heavy atom. The zero-order valence-corrected chi connectivity index (χ0v) is 12.4. The Bertz CT molecular complexity index is 761. The Morgan fingerprint density at radius 2 is 1.86 bits per heavy atom. The molecule has 3 aromatic rings. The van der Waals surface area contributed by atoms with E-state index in [9.17, 15) is 4.79 Å². The summed E-state index contributed by atoms with van der Waals surface area (Å²) in [4.78, 5) is 12.3. The van der Waals surface area contributed by atoms with E-state index in [0.717, 1.165) is 23.4 Å². The monoisotopic (exact) mass is 291 g/mol. The third kappa shape index (κ3) is 2.91. The lowest BCUT2D eigenvalue weighted by atomic mass is 10.1. The second-order valence-electron chi connectivity index (χ2n) is 4.96. The number of carbonyl (C=O) groups is 1. The summed E-state index contributed by atoms with van der Waals surface area (Å²) in [6, 6.07) is 17.1. The summed E-state index contributed by atoms with van der Waals surface area (Å²) in [5, 5.41) is 7.14. The fraction of sp³-hybridized carbons (Fsp3) is 0.111. The minimum Gasteiger partial charge on any atom is -0.322 e. The molecule has 0 radical (unpaired) electrons. The minimum absolute atomic E-state index is 0.104. The van der Waals surface area contributed by atoms with E-state index in [4.69, 9.17) is 0 Å². The van der Waals surface area contributed by atoms with Crippen LogP contribution in [0.4, 0.5) is 5.69 Å². The van der Waals surface area contributed by atoms with E-state index in [0.29, 0.717) is 5.56 Å². The zero-order valence-electron chi connectivity index (χ0n) is 12.4. The van der Waals surface area contributed by atoms with E-state index >= 15 is 0 Å². The van der Waals surface area contributed by atoms with Gasteiger partial charge in [0.05, 0.1) is 5.69 Å². The third-order valence-electron chi connectivity index (χ3n) is 3.54. The molecule has 1 N–H and O–H groups in total. The maximum absolute atomic E-state index is 12.3. The fourth-order valence-corrected chi connectivity index (χ4v) is 2.33. The maximum atomic E-state index is 12.3. The number of benzene rings is 2. The van der Waals surface area contributed by atoms with Crippen LogP contribution < -0.4 is 5.32 Å². The van der Waals surface area contributed by atoms with Gasteiger partial charge in [0, 0.05) is 23.6 Å². The Hall–Kier alpha value is -2.88. The van der Waals surface area contributed by atoms with E-state index in [2.05, 4.69) is 17.3 Å². The lowest BCUT2D eigenvalue weighted by Crippen LogP contribution is -2.13. The summed E-state index contributed by atoms with van der Waals surface area (Å²) in [6.07, 6.45) is 4.48. The van der Waals surface area contributed by atoms with Gasteiger partial charge in [-0.3, -0.25) is 4.79 Å². The molecule has 0 unspecified atom stereocenters. The van der Waals surface area contributed by atoms with Gasteiger partial charge >= 0.3 is 0 Å². The molecule has 1 heterocycles. The molecule has 0 bridgehead atoms. The van der Waals surface area contributed by atoms with Crippen molar-refractivity contribution in [3.8, 4) is 5.69 Å². The summed E-state index contributed by atoms with van der Waals surface area (Å²) in [5.41, 5.74) is 3.55. The quantitative estimate of drug-likeness (QED) is 0.797. The van der Waals surface area contributed by atoms with Gasteiger partial charge < -0.3 is 5.32 Å². The van der Waals surface area contributed by atoms with E-state index in [-0.39, 0.29) is 5.91 Å². The molecule has 2 aromatic carbocycles. The molecule has 110 valence electrons. The summed E-state index contributed by atoms with van der Waals surface area (Å²) < 4.78 is 1.76. The van der Waals surface area contributed by atoms with Crippen LogP contribution in [-0.2, 0) is 6.42 Å². The maximum Gasteiger partial charge on any atom is 0.255 e. The number of hydrogen-bond donors (Lipinski definition) is 1. The van der Waals surface area contributed by atoms with Crippen LogP contribution in [0.5, 0.6) is 0 Å². The highest BCUT2D eigenvalue weighted by molar-refractivity contribution is 6.04. The van der Waals surface area contributed by atoms with Gasteiger partial charge in [-0.2, -0.15) is 5.10 Å². The van der Waals surface area contributed by atoms with Gasteiger partial charge in [-0.25, -0.2) is 4.68 Å². The number of amides is 1. The number of aryl methyl sites for hydroxylation is 1. The first-order valence-corrected chi connectivity index (χ1v) is 7.27. The van der Waals surface area contributed by atoms with E-state index in [1.54, 1.807) is 23.0 Å². The van der Waals surface area contributed by atoms with Gasteiger partial charge in [0.25, 0.3) is 5.91 Å². The molecule has 1 amide bonds. The van der Waals surface area contributed by atoms with Gasteiger partial charge in [0.15, 0.2) is 0 Å². The van der Waals surface area contributed by atoms with Crippen LogP contribution >= 0.6 is 0 Å². The van der Waals surface area contributed by atoms with E-state index < -0.39 is 0 Å². The summed E-state index contributed by atoms with van der Waals surface area (Å²) >= 11 is 0. The van der Waals surface area contributed by atoms with Gasteiger partial charge in [0.2, 0.25) is 0 Å². The fourth-order valence-electron chi connectivity index (χ4n) is 2.33. The van der Waals surface area contributed by atoms with Crippen molar-refractivity contribution in [3.05, 3.63) is 78.1 Å². The highest BCUT2D eigenvalue weighted by Crippen LogP contribution is 2.17. The van der Waals surface area contributed by atoms with Gasteiger partial charge in [0.1, 0.15) is 0 Å².